The van der Waals surface area contributed by atoms with Gasteiger partial charge in [0, 0.05) is 29.4 Å². The predicted molar refractivity (Wildman–Crippen MR) is 84.2 cm³/mol. The van der Waals surface area contributed by atoms with E-state index in [4.69, 9.17) is 0 Å². The van der Waals surface area contributed by atoms with Crippen molar-refractivity contribution in [1.82, 2.24) is 5.32 Å². The molecule has 0 heterocycles. The topological polar surface area (TPSA) is 46.2 Å². The highest BCUT2D eigenvalue weighted by atomic mass is 79.9. The smallest absolute Gasteiger partial charge is 0.175 e. The number of rotatable bonds is 5. The average Bonchev–Trinajstić information content (AvgIpc) is 2.42. The van der Waals surface area contributed by atoms with Gasteiger partial charge in [-0.25, -0.2) is 12.8 Å². The molecule has 112 valence electrons. The van der Waals surface area contributed by atoms with Crippen LogP contribution in [0.15, 0.2) is 51.8 Å². The zero-order chi connectivity index (χ0) is 15.5. The summed E-state index contributed by atoms with van der Waals surface area (Å²) in [6, 6.07) is 11.5. The fourth-order valence-corrected chi connectivity index (χ4v) is 2.91. The summed E-state index contributed by atoms with van der Waals surface area (Å²) in [6.07, 6.45) is 1.18. The molecule has 21 heavy (non-hydrogen) atoms. The molecule has 0 amide bonds. The summed E-state index contributed by atoms with van der Waals surface area (Å²) < 4.78 is 37.1. The number of nitrogens with one attached hydrogen (secondary N) is 1. The van der Waals surface area contributed by atoms with E-state index in [1.807, 2.05) is 0 Å². The molecule has 6 heteroatoms. The summed E-state index contributed by atoms with van der Waals surface area (Å²) >= 11 is 3.31. The molecule has 2 rings (SSSR count). The number of halogens is 2. The maximum absolute atomic E-state index is 13.6. The predicted octanol–water partition coefficient (Wildman–Crippen LogP) is 3.28. The van der Waals surface area contributed by atoms with Gasteiger partial charge in [0.25, 0.3) is 0 Å². The Bertz CT molecular complexity index is 730. The minimum absolute atomic E-state index is 0.252. The van der Waals surface area contributed by atoms with Crippen molar-refractivity contribution in [3.63, 3.8) is 0 Å². The quantitative estimate of drug-likeness (QED) is 0.876. The Morgan fingerprint density at radius 2 is 1.76 bits per heavy atom. The van der Waals surface area contributed by atoms with Gasteiger partial charge in [-0.3, -0.25) is 0 Å². The van der Waals surface area contributed by atoms with Crippen molar-refractivity contribution < 1.29 is 12.8 Å². The summed E-state index contributed by atoms with van der Waals surface area (Å²) in [4.78, 5) is 0.296. The van der Waals surface area contributed by atoms with Gasteiger partial charge < -0.3 is 5.32 Å². The summed E-state index contributed by atoms with van der Waals surface area (Å²) in [5.74, 6) is -0.252. The van der Waals surface area contributed by atoms with Crippen molar-refractivity contribution in [3.8, 4) is 0 Å². The van der Waals surface area contributed by atoms with Gasteiger partial charge in [0.1, 0.15) is 5.82 Å². The van der Waals surface area contributed by atoms with Crippen LogP contribution in [-0.2, 0) is 22.9 Å². The highest BCUT2D eigenvalue weighted by Gasteiger charge is 2.06. The largest absolute Gasteiger partial charge is 0.309 e. The molecule has 0 unspecified atom stereocenters. The first-order chi connectivity index (χ1) is 9.86. The average molecular weight is 372 g/mol. The molecular weight excluding hydrogens is 357 g/mol. The van der Waals surface area contributed by atoms with Crippen LogP contribution in [0.3, 0.4) is 0 Å². The zero-order valence-electron chi connectivity index (χ0n) is 11.4. The van der Waals surface area contributed by atoms with Crippen molar-refractivity contribution in [1.29, 1.82) is 0 Å². The Hall–Kier alpha value is -1.24. The maximum atomic E-state index is 13.6. The Kier molecular flexibility index (Phi) is 5.13. The summed E-state index contributed by atoms with van der Waals surface area (Å²) in [7, 11) is -3.17. The second-order valence-electron chi connectivity index (χ2n) is 4.76. The fraction of sp³-hybridized carbons (Fsp3) is 0.200. The Morgan fingerprint density at radius 3 is 2.38 bits per heavy atom. The minimum atomic E-state index is -3.17. The lowest BCUT2D eigenvalue weighted by atomic mass is 10.2. The van der Waals surface area contributed by atoms with Gasteiger partial charge >= 0.3 is 0 Å². The molecule has 2 aromatic rings. The number of hydrogen-bond donors (Lipinski definition) is 1. The standard InChI is InChI=1S/C15H15BrFNO2S/c1-21(19,20)14-5-2-11(3-6-14)9-18-10-12-8-13(16)4-7-15(12)17/h2-8,18H,9-10H2,1H3. The molecule has 0 aromatic heterocycles. The molecule has 0 radical (unpaired) electrons. The summed E-state index contributed by atoms with van der Waals surface area (Å²) in [5, 5.41) is 3.13. The summed E-state index contributed by atoms with van der Waals surface area (Å²) in [6.45, 7) is 0.940. The van der Waals surface area contributed by atoms with Crippen LogP contribution in [0.5, 0.6) is 0 Å². The number of hydrogen-bond acceptors (Lipinski definition) is 3. The maximum Gasteiger partial charge on any atom is 0.175 e. The van der Waals surface area contributed by atoms with E-state index in [0.29, 0.717) is 23.5 Å². The van der Waals surface area contributed by atoms with Crippen LogP contribution in [0, 0.1) is 5.82 Å². The van der Waals surface area contributed by atoms with E-state index in [9.17, 15) is 12.8 Å². The lowest BCUT2D eigenvalue weighted by Gasteiger charge is -2.07. The SMILES string of the molecule is CS(=O)(=O)c1ccc(CNCc2cc(Br)ccc2F)cc1. The van der Waals surface area contributed by atoms with Gasteiger partial charge in [-0.2, -0.15) is 0 Å². The normalized spacial score (nSPS) is 11.6. The molecule has 0 bridgehead atoms. The third-order valence-corrected chi connectivity index (χ3v) is 4.63. The van der Waals surface area contributed by atoms with Gasteiger partial charge in [-0.15, -0.1) is 0 Å². The Balaban J connectivity index is 1.96. The fourth-order valence-electron chi connectivity index (χ4n) is 1.87. The molecule has 0 saturated heterocycles. The molecule has 0 spiro atoms. The van der Waals surface area contributed by atoms with Gasteiger partial charge in [0.15, 0.2) is 9.84 Å². The first-order valence-electron chi connectivity index (χ1n) is 6.30. The van der Waals surface area contributed by atoms with Crippen LogP contribution in [-0.4, -0.2) is 14.7 Å². The van der Waals surface area contributed by atoms with Crippen LogP contribution in [0.25, 0.3) is 0 Å². The number of benzene rings is 2. The van der Waals surface area contributed by atoms with E-state index < -0.39 is 9.84 Å². The van der Waals surface area contributed by atoms with Crippen LogP contribution in [0.2, 0.25) is 0 Å². The third-order valence-electron chi connectivity index (χ3n) is 3.00. The van der Waals surface area contributed by atoms with Crippen LogP contribution in [0.4, 0.5) is 4.39 Å². The highest BCUT2D eigenvalue weighted by molar-refractivity contribution is 9.10. The second kappa shape index (κ2) is 6.68. The lowest BCUT2D eigenvalue weighted by Crippen LogP contribution is -2.13. The minimum Gasteiger partial charge on any atom is -0.309 e. The molecule has 0 fully saturated rings. The first-order valence-corrected chi connectivity index (χ1v) is 8.98. The van der Waals surface area contributed by atoms with E-state index in [2.05, 4.69) is 21.2 Å². The molecule has 3 nitrogen and oxygen atoms in total. The van der Waals surface area contributed by atoms with E-state index in [0.717, 1.165) is 10.0 Å². The van der Waals surface area contributed by atoms with E-state index in [1.54, 1.807) is 36.4 Å². The zero-order valence-corrected chi connectivity index (χ0v) is 13.8. The molecule has 0 aliphatic rings. The highest BCUT2D eigenvalue weighted by Crippen LogP contribution is 2.15. The van der Waals surface area contributed by atoms with E-state index in [-0.39, 0.29) is 5.82 Å². The molecule has 0 atom stereocenters. The lowest BCUT2D eigenvalue weighted by molar-refractivity contribution is 0.587. The first kappa shape index (κ1) is 16.1. The molecule has 0 aliphatic carbocycles. The molecule has 0 saturated carbocycles. The molecular formula is C15H15BrFNO2S. The van der Waals surface area contributed by atoms with Crippen molar-refractivity contribution >= 4 is 25.8 Å². The second-order valence-corrected chi connectivity index (χ2v) is 7.69. The van der Waals surface area contributed by atoms with Crippen molar-refractivity contribution in [2.24, 2.45) is 0 Å². The van der Waals surface area contributed by atoms with Crippen molar-refractivity contribution in [2.45, 2.75) is 18.0 Å². The molecule has 0 aliphatic heterocycles. The van der Waals surface area contributed by atoms with E-state index in [1.165, 1.54) is 12.3 Å². The molecule has 1 N–H and O–H groups in total. The van der Waals surface area contributed by atoms with Gasteiger partial charge in [0.05, 0.1) is 4.90 Å². The summed E-state index contributed by atoms with van der Waals surface area (Å²) in [5.41, 5.74) is 1.52. The Labute approximate surface area is 132 Å². The van der Waals surface area contributed by atoms with Gasteiger partial charge in [0.2, 0.25) is 0 Å². The monoisotopic (exact) mass is 371 g/mol. The Morgan fingerprint density at radius 1 is 1.10 bits per heavy atom. The van der Waals surface area contributed by atoms with Gasteiger partial charge in [-0.05, 0) is 35.9 Å². The number of sulfone groups is 1. The van der Waals surface area contributed by atoms with Crippen molar-refractivity contribution in [3.05, 3.63) is 63.9 Å². The van der Waals surface area contributed by atoms with E-state index >= 15 is 0 Å². The van der Waals surface area contributed by atoms with Crippen LogP contribution in [0.1, 0.15) is 11.1 Å². The third kappa shape index (κ3) is 4.62. The van der Waals surface area contributed by atoms with Crippen molar-refractivity contribution in [2.75, 3.05) is 6.26 Å². The van der Waals surface area contributed by atoms with Crippen LogP contribution < -0.4 is 5.32 Å². The van der Waals surface area contributed by atoms with Crippen LogP contribution >= 0.6 is 15.9 Å². The molecule has 2 aromatic carbocycles. The van der Waals surface area contributed by atoms with Gasteiger partial charge in [-0.1, -0.05) is 28.1 Å².